The Balaban J connectivity index is 0.00000243. The molecule has 142 valence electrons. The molecule has 1 atom stereocenters. The van der Waals surface area contributed by atoms with Gasteiger partial charge in [-0.15, -0.1) is 0 Å². The van der Waals surface area contributed by atoms with E-state index in [0.717, 1.165) is 42.9 Å². The van der Waals surface area contributed by atoms with Gasteiger partial charge in [0.25, 0.3) is 0 Å². The summed E-state index contributed by atoms with van der Waals surface area (Å²) in [5.41, 5.74) is 1.90. The molecule has 0 bridgehead atoms. The molecule has 0 aromatic heterocycles. The average molecular weight is 436 g/mol. The lowest BCUT2D eigenvalue weighted by Gasteiger charge is -2.15. The van der Waals surface area contributed by atoms with Crippen LogP contribution in [-0.2, 0) is 17.9 Å². The van der Waals surface area contributed by atoms with Gasteiger partial charge in [-0.25, -0.2) is 0 Å². The Bertz CT molecular complexity index is 721. The molecule has 1 aliphatic rings. The van der Waals surface area contributed by atoms with E-state index in [1.54, 1.807) is 12.1 Å². The van der Waals surface area contributed by atoms with Gasteiger partial charge in [-0.1, -0.05) is 40.9 Å². The van der Waals surface area contributed by atoms with Crippen LogP contribution in [0.5, 0.6) is 5.75 Å². The van der Waals surface area contributed by atoms with Crippen LogP contribution in [0.15, 0.2) is 36.4 Å². The molecule has 0 aliphatic carbocycles. The molecule has 3 rings (SSSR count). The van der Waals surface area contributed by atoms with Crippen LogP contribution in [0.25, 0.3) is 0 Å². The van der Waals surface area contributed by atoms with E-state index < -0.39 is 0 Å². The minimum Gasteiger partial charge on any atom is -1.00 e. The highest BCUT2D eigenvalue weighted by molar-refractivity contribution is 6.35. The number of nitrogens with one attached hydrogen (secondary N) is 1. The van der Waals surface area contributed by atoms with Crippen LogP contribution in [0.3, 0.4) is 0 Å². The van der Waals surface area contributed by atoms with E-state index in [4.69, 9.17) is 44.3 Å². The summed E-state index contributed by atoms with van der Waals surface area (Å²) >= 11 is 18.3. The van der Waals surface area contributed by atoms with E-state index in [1.165, 1.54) is 0 Å². The third-order valence-electron chi connectivity index (χ3n) is 4.13. The molecule has 2 aromatic carbocycles. The van der Waals surface area contributed by atoms with Crippen molar-refractivity contribution < 1.29 is 21.9 Å². The van der Waals surface area contributed by atoms with E-state index in [1.807, 2.05) is 24.3 Å². The lowest BCUT2D eigenvalue weighted by Crippen LogP contribution is -3.00. The summed E-state index contributed by atoms with van der Waals surface area (Å²) in [6.45, 7) is 2.73. The summed E-state index contributed by atoms with van der Waals surface area (Å²) in [7, 11) is 0. The van der Waals surface area contributed by atoms with Gasteiger partial charge in [-0.2, -0.15) is 0 Å². The van der Waals surface area contributed by atoms with Crippen LogP contribution < -0.4 is 22.5 Å². The van der Waals surface area contributed by atoms with E-state index in [0.29, 0.717) is 34.3 Å². The molecule has 0 radical (unpaired) electrons. The van der Waals surface area contributed by atoms with Crippen LogP contribution >= 0.6 is 34.8 Å². The summed E-state index contributed by atoms with van der Waals surface area (Å²) in [4.78, 5) is 0. The summed E-state index contributed by atoms with van der Waals surface area (Å²) < 4.78 is 11.6. The molecule has 1 saturated heterocycles. The number of ether oxygens (including phenoxy) is 2. The summed E-state index contributed by atoms with van der Waals surface area (Å²) in [6.07, 6.45) is 2.55. The van der Waals surface area contributed by atoms with E-state index in [2.05, 4.69) is 5.32 Å². The van der Waals surface area contributed by atoms with Gasteiger partial charge in [0.2, 0.25) is 0 Å². The van der Waals surface area contributed by atoms with Crippen molar-refractivity contribution in [2.75, 3.05) is 13.2 Å². The second-order valence-electron chi connectivity index (χ2n) is 6.04. The minimum atomic E-state index is 0. The summed E-state index contributed by atoms with van der Waals surface area (Å²) in [5, 5.41) is 5.31. The highest BCUT2D eigenvalue weighted by atomic mass is 35.5. The smallest absolute Gasteiger partial charge is 0.124 e. The third-order valence-corrected chi connectivity index (χ3v) is 4.95. The predicted octanol–water partition coefficient (Wildman–Crippen LogP) is 2.50. The summed E-state index contributed by atoms with van der Waals surface area (Å²) in [6, 6.07) is 11.0. The van der Waals surface area contributed by atoms with Gasteiger partial charge in [0.15, 0.2) is 0 Å². The number of benzene rings is 2. The number of rotatable bonds is 7. The molecule has 1 N–H and O–H groups in total. The Morgan fingerprint density at radius 1 is 1.04 bits per heavy atom. The lowest BCUT2D eigenvalue weighted by atomic mass is 10.2. The largest absolute Gasteiger partial charge is 1.00 e. The van der Waals surface area contributed by atoms with Gasteiger partial charge in [0, 0.05) is 45.9 Å². The Morgan fingerprint density at radius 3 is 2.54 bits per heavy atom. The van der Waals surface area contributed by atoms with Gasteiger partial charge < -0.3 is 27.2 Å². The van der Waals surface area contributed by atoms with Crippen molar-refractivity contribution in [3.05, 3.63) is 62.6 Å². The Kier molecular flexibility index (Phi) is 8.82. The average Bonchev–Trinajstić information content (AvgIpc) is 3.09. The molecule has 26 heavy (non-hydrogen) atoms. The van der Waals surface area contributed by atoms with Crippen molar-refractivity contribution in [2.24, 2.45) is 0 Å². The first-order valence-electron chi connectivity index (χ1n) is 8.29. The quantitative estimate of drug-likeness (QED) is 0.724. The summed E-state index contributed by atoms with van der Waals surface area (Å²) in [5.74, 6) is 0.787. The monoisotopic (exact) mass is 434 g/mol. The normalized spacial score (nSPS) is 16.3. The first-order chi connectivity index (χ1) is 12.1. The van der Waals surface area contributed by atoms with Crippen LogP contribution in [-0.4, -0.2) is 19.3 Å². The fourth-order valence-electron chi connectivity index (χ4n) is 2.79. The molecule has 0 saturated carbocycles. The van der Waals surface area contributed by atoms with Crippen molar-refractivity contribution in [3.8, 4) is 5.75 Å². The van der Waals surface area contributed by atoms with Crippen molar-refractivity contribution in [1.82, 2.24) is 5.32 Å². The highest BCUT2D eigenvalue weighted by Gasteiger charge is 2.15. The molecule has 1 unspecified atom stereocenters. The SMILES string of the molecule is Clc1ccc(COc2ccc(Cl)cc2CNCC2CCCO2)c(Cl)c1.[Cl-]. The van der Waals surface area contributed by atoms with Crippen molar-refractivity contribution in [2.45, 2.75) is 32.1 Å². The maximum Gasteiger partial charge on any atom is 0.124 e. The number of hydrogen-bond donors (Lipinski definition) is 1. The molecule has 1 heterocycles. The Morgan fingerprint density at radius 2 is 1.81 bits per heavy atom. The fourth-order valence-corrected chi connectivity index (χ4v) is 3.45. The highest BCUT2D eigenvalue weighted by Crippen LogP contribution is 2.26. The van der Waals surface area contributed by atoms with Gasteiger partial charge in [-0.3, -0.25) is 0 Å². The topological polar surface area (TPSA) is 30.5 Å². The number of hydrogen-bond acceptors (Lipinski definition) is 3. The fraction of sp³-hybridized carbons (Fsp3) is 0.368. The lowest BCUT2D eigenvalue weighted by molar-refractivity contribution is -0.00000641. The molecular formula is C19H20Cl4NO2-. The van der Waals surface area contributed by atoms with Gasteiger partial charge >= 0.3 is 0 Å². The molecule has 0 spiro atoms. The minimum absolute atomic E-state index is 0. The second-order valence-corrected chi connectivity index (χ2v) is 7.32. The zero-order chi connectivity index (χ0) is 17.6. The first-order valence-corrected chi connectivity index (χ1v) is 9.42. The van der Waals surface area contributed by atoms with Crippen LogP contribution in [0.1, 0.15) is 24.0 Å². The molecule has 2 aromatic rings. The zero-order valence-electron chi connectivity index (χ0n) is 14.1. The van der Waals surface area contributed by atoms with Crippen LogP contribution in [0.4, 0.5) is 0 Å². The van der Waals surface area contributed by atoms with Gasteiger partial charge in [0.1, 0.15) is 12.4 Å². The van der Waals surface area contributed by atoms with E-state index in [9.17, 15) is 0 Å². The van der Waals surface area contributed by atoms with Crippen molar-refractivity contribution in [3.63, 3.8) is 0 Å². The van der Waals surface area contributed by atoms with E-state index >= 15 is 0 Å². The molecule has 3 nitrogen and oxygen atoms in total. The maximum absolute atomic E-state index is 6.21. The van der Waals surface area contributed by atoms with Gasteiger partial charge in [-0.05, 0) is 43.2 Å². The van der Waals surface area contributed by atoms with Crippen LogP contribution in [0, 0.1) is 0 Å². The zero-order valence-corrected chi connectivity index (χ0v) is 17.1. The molecule has 1 fully saturated rings. The number of halogens is 4. The third kappa shape index (κ3) is 6.19. The molecule has 0 amide bonds. The molecule has 1 aliphatic heterocycles. The van der Waals surface area contributed by atoms with Crippen molar-refractivity contribution >= 4 is 34.8 Å². The van der Waals surface area contributed by atoms with E-state index in [-0.39, 0.29) is 12.4 Å². The van der Waals surface area contributed by atoms with Crippen molar-refractivity contribution in [1.29, 1.82) is 0 Å². The first kappa shape index (κ1) is 21.6. The Hall–Kier alpha value is -0.680. The molecule has 7 heteroatoms. The molecular weight excluding hydrogens is 416 g/mol. The standard InChI is InChI=1S/C19H20Cl3NO2.ClH/c20-15-5-6-19(25-12-13-3-4-16(21)9-18(13)22)14(8-15)10-23-11-17-2-1-7-24-17;/h3-6,8-9,17,23H,1-2,7,10-12H2;1H/p-1. The van der Waals surface area contributed by atoms with Crippen LogP contribution in [0.2, 0.25) is 15.1 Å². The predicted molar refractivity (Wildman–Crippen MR) is 103 cm³/mol. The second kappa shape index (κ2) is 10.6. The Labute approximate surface area is 175 Å². The maximum atomic E-state index is 6.21. The van der Waals surface area contributed by atoms with Gasteiger partial charge in [0.05, 0.1) is 6.10 Å².